The second kappa shape index (κ2) is 10.9. The monoisotopic (exact) mass is 516 g/mol. The number of benzene rings is 2. The van der Waals surface area contributed by atoms with Crippen molar-refractivity contribution in [1.29, 1.82) is 5.26 Å². The maximum Gasteiger partial charge on any atom is 0.295 e. The SMILES string of the molecule is C[C@H](N)CNC(=O)c1cccc(-c2cc(-c3ccc(Cl)cc3O)nc(NC(=O)c3ccno3)c2C#N)c1. The van der Waals surface area contributed by atoms with E-state index in [2.05, 4.69) is 26.8 Å². The normalized spacial score (nSPS) is 11.4. The number of nitrogens with zero attached hydrogens (tertiary/aromatic N) is 3. The molecule has 2 aromatic carbocycles. The van der Waals surface area contributed by atoms with Crippen LogP contribution in [0.2, 0.25) is 5.02 Å². The molecule has 1 atom stereocenters. The van der Waals surface area contributed by atoms with Crippen molar-refractivity contribution in [2.75, 3.05) is 11.9 Å². The van der Waals surface area contributed by atoms with Crippen LogP contribution < -0.4 is 16.4 Å². The van der Waals surface area contributed by atoms with Gasteiger partial charge in [-0.3, -0.25) is 9.59 Å². The van der Waals surface area contributed by atoms with Crippen LogP contribution in [0, 0.1) is 11.3 Å². The van der Waals surface area contributed by atoms with E-state index in [1.54, 1.807) is 49.4 Å². The number of carbonyl (C=O) groups is 2. The predicted octanol–water partition coefficient (Wildman–Crippen LogP) is 3.96. The number of nitriles is 1. The Labute approximate surface area is 216 Å². The van der Waals surface area contributed by atoms with Gasteiger partial charge in [0.15, 0.2) is 5.82 Å². The molecular formula is C26H21ClN6O4. The van der Waals surface area contributed by atoms with Crippen LogP contribution in [0.5, 0.6) is 5.75 Å². The minimum absolute atomic E-state index is 0.0400. The first-order valence-electron chi connectivity index (χ1n) is 11.1. The maximum absolute atomic E-state index is 12.7. The van der Waals surface area contributed by atoms with E-state index in [0.717, 1.165) is 0 Å². The number of phenolic OH excluding ortho intramolecular Hbond substituents is 1. The topological polar surface area (TPSA) is 167 Å². The first-order chi connectivity index (χ1) is 17.8. The van der Waals surface area contributed by atoms with Crippen LogP contribution in [-0.2, 0) is 0 Å². The lowest BCUT2D eigenvalue weighted by molar-refractivity contribution is 0.0950. The van der Waals surface area contributed by atoms with Crippen LogP contribution in [0.25, 0.3) is 22.4 Å². The van der Waals surface area contributed by atoms with Crippen molar-refractivity contribution in [3.8, 4) is 34.2 Å². The molecule has 186 valence electrons. The molecule has 0 spiro atoms. The van der Waals surface area contributed by atoms with Crippen LogP contribution in [0.4, 0.5) is 5.82 Å². The summed E-state index contributed by atoms with van der Waals surface area (Å²) in [6.07, 6.45) is 1.31. The third-order valence-corrected chi connectivity index (χ3v) is 5.52. The van der Waals surface area contributed by atoms with Gasteiger partial charge in [-0.1, -0.05) is 28.9 Å². The molecule has 0 radical (unpaired) electrons. The Hall–Kier alpha value is -4.72. The molecule has 4 rings (SSSR count). The number of rotatable bonds is 7. The highest BCUT2D eigenvalue weighted by Gasteiger charge is 2.21. The zero-order valence-corrected chi connectivity index (χ0v) is 20.3. The van der Waals surface area contributed by atoms with Crippen LogP contribution in [-0.4, -0.2) is 39.6 Å². The number of carbonyl (C=O) groups excluding carboxylic acids is 2. The summed E-state index contributed by atoms with van der Waals surface area (Å²) in [7, 11) is 0. The Kier molecular flexibility index (Phi) is 7.48. The van der Waals surface area contributed by atoms with Gasteiger partial charge in [0.05, 0.1) is 11.9 Å². The minimum atomic E-state index is -0.672. The molecule has 5 N–H and O–H groups in total. The number of hydrogen-bond acceptors (Lipinski definition) is 8. The van der Waals surface area contributed by atoms with Crippen LogP contribution in [0.3, 0.4) is 0 Å². The number of aromatic nitrogens is 2. The molecule has 0 aliphatic heterocycles. The van der Waals surface area contributed by atoms with Gasteiger partial charge >= 0.3 is 0 Å². The summed E-state index contributed by atoms with van der Waals surface area (Å²) >= 11 is 5.99. The Morgan fingerprint density at radius 2 is 1.97 bits per heavy atom. The molecule has 10 nitrogen and oxygen atoms in total. The van der Waals surface area contributed by atoms with Gasteiger partial charge in [0, 0.05) is 40.4 Å². The van der Waals surface area contributed by atoms with Gasteiger partial charge in [-0.2, -0.15) is 5.26 Å². The standard InChI is InChI=1S/C26H21ClN6O4/c1-14(29)13-30-25(35)16-4-2-3-15(9-16)19-11-21(18-6-5-17(27)10-22(18)34)32-24(20(19)12-28)33-26(36)23-7-8-31-37-23/h2-11,14,34H,13,29H2,1H3,(H,30,35)(H,32,33,36)/t14-/m0/s1. The molecule has 2 heterocycles. The third kappa shape index (κ3) is 5.75. The molecule has 0 fully saturated rings. The average Bonchev–Trinajstić information content (AvgIpc) is 3.42. The van der Waals surface area contributed by atoms with Crippen molar-refractivity contribution in [1.82, 2.24) is 15.5 Å². The van der Waals surface area contributed by atoms with E-state index in [1.165, 1.54) is 18.3 Å². The zero-order valence-electron chi connectivity index (χ0n) is 19.5. The van der Waals surface area contributed by atoms with E-state index in [4.69, 9.17) is 21.9 Å². The second-order valence-corrected chi connectivity index (χ2v) is 8.59. The highest BCUT2D eigenvalue weighted by atomic mass is 35.5. The number of phenols is 1. The van der Waals surface area contributed by atoms with Crippen molar-refractivity contribution in [3.63, 3.8) is 0 Å². The van der Waals surface area contributed by atoms with E-state index < -0.39 is 5.91 Å². The number of pyridine rings is 1. The molecule has 0 saturated heterocycles. The molecule has 0 unspecified atom stereocenters. The summed E-state index contributed by atoms with van der Waals surface area (Å²) in [5.74, 6) is -1.31. The second-order valence-electron chi connectivity index (χ2n) is 8.15. The first-order valence-corrected chi connectivity index (χ1v) is 11.4. The van der Waals surface area contributed by atoms with Crippen molar-refractivity contribution >= 4 is 29.2 Å². The quantitative estimate of drug-likeness (QED) is 0.286. The van der Waals surface area contributed by atoms with E-state index >= 15 is 0 Å². The summed E-state index contributed by atoms with van der Waals surface area (Å²) in [6, 6.07) is 15.9. The van der Waals surface area contributed by atoms with Gasteiger partial charge in [-0.15, -0.1) is 0 Å². The maximum atomic E-state index is 12.7. The minimum Gasteiger partial charge on any atom is -0.507 e. The fourth-order valence-electron chi connectivity index (χ4n) is 3.52. The van der Waals surface area contributed by atoms with Crippen molar-refractivity contribution < 1.29 is 19.2 Å². The number of nitrogens with one attached hydrogen (secondary N) is 2. The summed E-state index contributed by atoms with van der Waals surface area (Å²) < 4.78 is 4.90. The van der Waals surface area contributed by atoms with E-state index in [0.29, 0.717) is 33.8 Å². The van der Waals surface area contributed by atoms with E-state index in [9.17, 15) is 20.0 Å². The summed E-state index contributed by atoms with van der Waals surface area (Å²) in [5.41, 5.74) is 7.57. The molecule has 2 amide bonds. The number of hydrogen-bond donors (Lipinski definition) is 4. The average molecular weight is 517 g/mol. The smallest absolute Gasteiger partial charge is 0.295 e. The third-order valence-electron chi connectivity index (χ3n) is 5.28. The molecule has 11 heteroatoms. The van der Waals surface area contributed by atoms with Crippen LogP contribution in [0.1, 0.15) is 33.4 Å². The Morgan fingerprint density at radius 1 is 1.16 bits per heavy atom. The van der Waals surface area contributed by atoms with Crippen LogP contribution >= 0.6 is 11.6 Å². The molecule has 37 heavy (non-hydrogen) atoms. The van der Waals surface area contributed by atoms with Gasteiger partial charge in [-0.05, 0) is 48.9 Å². The summed E-state index contributed by atoms with van der Waals surface area (Å²) in [4.78, 5) is 29.8. The molecule has 0 aliphatic rings. The van der Waals surface area contributed by atoms with Gasteiger partial charge in [-0.25, -0.2) is 4.98 Å². The fraction of sp³-hybridized carbons (Fsp3) is 0.115. The number of aromatic hydroxyl groups is 1. The molecule has 0 bridgehead atoms. The number of anilines is 1. The van der Waals surface area contributed by atoms with Gasteiger partial charge in [0.25, 0.3) is 11.8 Å². The lowest BCUT2D eigenvalue weighted by atomic mass is 9.96. The lowest BCUT2D eigenvalue weighted by Crippen LogP contribution is -2.35. The summed E-state index contributed by atoms with van der Waals surface area (Å²) in [5, 5.41) is 29.7. The first kappa shape index (κ1) is 25.4. The number of nitrogens with two attached hydrogens (primary N) is 1. The van der Waals surface area contributed by atoms with Crippen molar-refractivity contribution in [3.05, 3.63) is 82.7 Å². The van der Waals surface area contributed by atoms with Gasteiger partial charge in [0.1, 0.15) is 17.4 Å². The van der Waals surface area contributed by atoms with E-state index in [-0.39, 0.29) is 40.5 Å². The van der Waals surface area contributed by atoms with Gasteiger partial charge < -0.3 is 26.0 Å². The van der Waals surface area contributed by atoms with Crippen molar-refractivity contribution in [2.24, 2.45) is 5.73 Å². The lowest BCUT2D eigenvalue weighted by Gasteiger charge is -2.15. The van der Waals surface area contributed by atoms with E-state index in [1.807, 2.05) is 0 Å². The fourth-order valence-corrected chi connectivity index (χ4v) is 3.69. The molecule has 0 aliphatic carbocycles. The molecule has 0 saturated carbocycles. The Bertz CT molecular complexity index is 1510. The van der Waals surface area contributed by atoms with Crippen molar-refractivity contribution in [2.45, 2.75) is 13.0 Å². The Morgan fingerprint density at radius 3 is 2.65 bits per heavy atom. The molecular weight excluding hydrogens is 496 g/mol. The molecule has 4 aromatic rings. The summed E-state index contributed by atoms with van der Waals surface area (Å²) in [6.45, 7) is 2.06. The number of halogens is 1. The predicted molar refractivity (Wildman–Crippen MR) is 137 cm³/mol. The highest BCUT2D eigenvalue weighted by Crippen LogP contribution is 2.36. The Balaban J connectivity index is 1.86. The largest absolute Gasteiger partial charge is 0.507 e. The molecule has 2 aromatic heterocycles. The number of amides is 2. The van der Waals surface area contributed by atoms with Gasteiger partial charge in [0.2, 0.25) is 5.76 Å². The highest BCUT2D eigenvalue weighted by molar-refractivity contribution is 6.30. The zero-order chi connectivity index (χ0) is 26.5. The van der Waals surface area contributed by atoms with Crippen LogP contribution in [0.15, 0.2) is 65.3 Å².